The predicted molar refractivity (Wildman–Crippen MR) is 133 cm³/mol. The van der Waals surface area contributed by atoms with Crippen LogP contribution < -0.4 is 10.6 Å². The molecule has 2 atom stereocenters. The first kappa shape index (κ1) is 24.8. The number of nitriles is 1. The first-order valence-electron chi connectivity index (χ1n) is 11.4. The van der Waals surface area contributed by atoms with Gasteiger partial charge in [-0.15, -0.1) is 0 Å². The minimum atomic E-state index is -0.372. The van der Waals surface area contributed by atoms with Crippen LogP contribution in [0.15, 0.2) is 35.4 Å². The molecule has 174 valence electrons. The standard InChI is InChI=1S/C26H32N4O2S/c1-6-23(24(32)29-21-10-8-20(9-11-21)28-16(2)31)33-25-18(15-27)13-17-14-19(26(3,4)5)7-12-22(17)30-25/h8-11,13,19,23H,6-7,12,14H2,1-5H3,(H,28,31)(H,29,32). The van der Waals surface area contributed by atoms with Crippen molar-refractivity contribution < 1.29 is 9.59 Å². The van der Waals surface area contributed by atoms with Gasteiger partial charge in [-0.2, -0.15) is 5.26 Å². The van der Waals surface area contributed by atoms with Gasteiger partial charge in [0.05, 0.1) is 10.8 Å². The third kappa shape index (κ3) is 6.35. The summed E-state index contributed by atoms with van der Waals surface area (Å²) < 4.78 is 0. The van der Waals surface area contributed by atoms with Gasteiger partial charge in [-0.25, -0.2) is 4.98 Å². The summed E-state index contributed by atoms with van der Waals surface area (Å²) >= 11 is 1.36. The molecule has 1 aliphatic rings. The van der Waals surface area contributed by atoms with Crippen LogP contribution in [0.1, 0.15) is 64.3 Å². The fraction of sp³-hybridized carbons (Fsp3) is 0.462. The number of hydrogen-bond acceptors (Lipinski definition) is 5. The highest BCUT2D eigenvalue weighted by Gasteiger charge is 2.30. The van der Waals surface area contributed by atoms with Crippen molar-refractivity contribution in [3.8, 4) is 6.07 Å². The van der Waals surface area contributed by atoms with Crippen LogP contribution in [0.25, 0.3) is 0 Å². The molecule has 0 bridgehead atoms. The molecule has 0 saturated heterocycles. The number of thioether (sulfide) groups is 1. The van der Waals surface area contributed by atoms with Gasteiger partial charge in [-0.1, -0.05) is 39.5 Å². The van der Waals surface area contributed by atoms with Crippen LogP contribution in [-0.2, 0) is 22.4 Å². The molecule has 1 heterocycles. The highest BCUT2D eigenvalue weighted by Crippen LogP contribution is 2.38. The lowest BCUT2D eigenvalue weighted by molar-refractivity contribution is -0.116. The van der Waals surface area contributed by atoms with Crippen LogP contribution in [0.2, 0.25) is 0 Å². The number of amides is 2. The van der Waals surface area contributed by atoms with E-state index in [9.17, 15) is 14.9 Å². The molecule has 7 heteroatoms. The summed E-state index contributed by atoms with van der Waals surface area (Å²) in [4.78, 5) is 28.9. The maximum atomic E-state index is 12.9. The number of carbonyl (C=O) groups excluding carboxylic acids is 2. The van der Waals surface area contributed by atoms with Gasteiger partial charge in [0.25, 0.3) is 0 Å². The Morgan fingerprint density at radius 2 is 1.85 bits per heavy atom. The molecule has 2 N–H and O–H groups in total. The lowest BCUT2D eigenvalue weighted by Gasteiger charge is -2.34. The molecule has 33 heavy (non-hydrogen) atoms. The van der Waals surface area contributed by atoms with E-state index in [1.807, 2.05) is 13.0 Å². The zero-order chi connectivity index (χ0) is 24.2. The van der Waals surface area contributed by atoms with Crippen molar-refractivity contribution in [2.45, 2.75) is 70.6 Å². The van der Waals surface area contributed by atoms with Crippen LogP contribution in [0, 0.1) is 22.7 Å². The monoisotopic (exact) mass is 464 g/mol. The summed E-state index contributed by atoms with van der Waals surface area (Å²) in [5, 5.41) is 15.7. The fourth-order valence-corrected chi connectivity index (χ4v) is 5.07. The van der Waals surface area contributed by atoms with Crippen molar-refractivity contribution >= 4 is 35.0 Å². The van der Waals surface area contributed by atoms with Gasteiger partial charge in [0.15, 0.2) is 0 Å². The van der Waals surface area contributed by atoms with Gasteiger partial charge < -0.3 is 10.6 Å². The number of fused-ring (bicyclic) bond motifs is 1. The minimum absolute atomic E-state index is 0.133. The molecule has 1 aromatic heterocycles. The topological polar surface area (TPSA) is 94.9 Å². The average Bonchev–Trinajstić information content (AvgIpc) is 2.76. The van der Waals surface area contributed by atoms with Crippen molar-refractivity contribution in [3.05, 3.63) is 47.2 Å². The first-order chi connectivity index (χ1) is 15.6. The summed E-state index contributed by atoms with van der Waals surface area (Å²) in [5.74, 6) is 0.294. The number of aryl methyl sites for hydroxylation is 1. The number of anilines is 2. The Bertz CT molecular complexity index is 1070. The van der Waals surface area contributed by atoms with E-state index in [1.54, 1.807) is 24.3 Å². The Morgan fingerprint density at radius 1 is 1.21 bits per heavy atom. The Morgan fingerprint density at radius 3 is 2.39 bits per heavy atom. The van der Waals surface area contributed by atoms with Crippen LogP contribution in [-0.4, -0.2) is 22.0 Å². The van der Waals surface area contributed by atoms with Gasteiger partial charge in [-0.3, -0.25) is 9.59 Å². The Hall–Kier alpha value is -2.85. The normalized spacial score (nSPS) is 16.3. The molecule has 0 radical (unpaired) electrons. The van der Waals surface area contributed by atoms with E-state index in [0.717, 1.165) is 25.0 Å². The second-order valence-corrected chi connectivity index (χ2v) is 10.8. The number of rotatable bonds is 6. The van der Waals surface area contributed by atoms with E-state index in [2.05, 4.69) is 37.5 Å². The first-order valence-corrected chi connectivity index (χ1v) is 12.3. The molecule has 2 unspecified atom stereocenters. The molecule has 3 rings (SSSR count). The van der Waals surface area contributed by atoms with E-state index in [-0.39, 0.29) is 22.5 Å². The Labute approximate surface area is 200 Å². The number of benzene rings is 1. The summed E-state index contributed by atoms with van der Waals surface area (Å²) in [6.07, 6.45) is 3.54. The zero-order valence-electron chi connectivity index (χ0n) is 20.0. The second-order valence-electron chi connectivity index (χ2n) is 9.63. The van der Waals surface area contributed by atoms with E-state index < -0.39 is 0 Å². The lowest BCUT2D eigenvalue weighted by Crippen LogP contribution is -2.28. The number of pyridine rings is 1. The number of nitrogens with one attached hydrogen (secondary N) is 2. The van der Waals surface area contributed by atoms with E-state index in [4.69, 9.17) is 4.98 Å². The highest BCUT2D eigenvalue weighted by atomic mass is 32.2. The molecule has 0 saturated carbocycles. The van der Waals surface area contributed by atoms with Crippen molar-refractivity contribution in [2.24, 2.45) is 11.3 Å². The molecule has 1 aliphatic carbocycles. The molecule has 0 aliphatic heterocycles. The Kier molecular flexibility index (Phi) is 7.80. The predicted octanol–water partition coefficient (Wildman–Crippen LogP) is 5.57. The third-order valence-electron chi connectivity index (χ3n) is 6.09. The summed E-state index contributed by atoms with van der Waals surface area (Å²) in [5.41, 5.74) is 4.32. The van der Waals surface area contributed by atoms with Gasteiger partial charge in [0.2, 0.25) is 11.8 Å². The molecule has 2 aromatic rings. The fourth-order valence-electron chi connectivity index (χ4n) is 4.07. The van der Waals surface area contributed by atoms with Crippen molar-refractivity contribution in [2.75, 3.05) is 10.6 Å². The quantitative estimate of drug-likeness (QED) is 0.545. The molecule has 0 spiro atoms. The van der Waals surface area contributed by atoms with Crippen molar-refractivity contribution in [1.29, 1.82) is 5.26 Å². The van der Waals surface area contributed by atoms with Gasteiger partial charge in [-0.05, 0) is 72.9 Å². The number of nitrogens with zero attached hydrogens (tertiary/aromatic N) is 2. The number of aromatic nitrogens is 1. The number of hydrogen-bond donors (Lipinski definition) is 2. The van der Waals surface area contributed by atoms with Gasteiger partial charge in [0.1, 0.15) is 11.1 Å². The minimum Gasteiger partial charge on any atom is -0.326 e. The molecular weight excluding hydrogens is 432 g/mol. The smallest absolute Gasteiger partial charge is 0.237 e. The summed E-state index contributed by atoms with van der Waals surface area (Å²) in [7, 11) is 0. The maximum Gasteiger partial charge on any atom is 0.237 e. The highest BCUT2D eigenvalue weighted by molar-refractivity contribution is 8.00. The van der Waals surface area contributed by atoms with Crippen LogP contribution in [0.5, 0.6) is 0 Å². The van der Waals surface area contributed by atoms with Crippen LogP contribution >= 0.6 is 11.8 Å². The summed E-state index contributed by atoms with van der Waals surface area (Å²) in [6, 6.07) is 11.3. The maximum absolute atomic E-state index is 12.9. The molecule has 2 amide bonds. The molecule has 6 nitrogen and oxygen atoms in total. The van der Waals surface area contributed by atoms with Gasteiger partial charge >= 0.3 is 0 Å². The van der Waals surface area contributed by atoms with Crippen molar-refractivity contribution in [1.82, 2.24) is 4.98 Å². The number of carbonyl (C=O) groups is 2. The Balaban J connectivity index is 1.73. The summed E-state index contributed by atoms with van der Waals surface area (Å²) in [6.45, 7) is 10.2. The SMILES string of the molecule is CCC(Sc1nc2c(cc1C#N)CC(C(C)(C)C)CC2)C(=O)Nc1ccc(NC(C)=O)cc1. The van der Waals surface area contributed by atoms with Crippen LogP contribution in [0.3, 0.4) is 0 Å². The largest absolute Gasteiger partial charge is 0.326 e. The van der Waals surface area contributed by atoms with E-state index >= 15 is 0 Å². The van der Waals surface area contributed by atoms with Crippen LogP contribution in [0.4, 0.5) is 11.4 Å². The van der Waals surface area contributed by atoms with Crippen molar-refractivity contribution in [3.63, 3.8) is 0 Å². The second kappa shape index (κ2) is 10.4. The van der Waals surface area contributed by atoms with Gasteiger partial charge in [0, 0.05) is 24.0 Å². The van der Waals surface area contributed by atoms with E-state index in [0.29, 0.717) is 34.3 Å². The molecule has 1 aromatic carbocycles. The molecular formula is C26H32N4O2S. The lowest BCUT2D eigenvalue weighted by atomic mass is 9.71. The molecule has 0 fully saturated rings. The average molecular weight is 465 g/mol. The third-order valence-corrected chi connectivity index (χ3v) is 7.45. The van der Waals surface area contributed by atoms with E-state index in [1.165, 1.54) is 24.2 Å². The zero-order valence-corrected chi connectivity index (χ0v) is 20.8.